The minimum atomic E-state index is -3.46. The van der Waals surface area contributed by atoms with Crippen LogP contribution in [0.25, 0.3) is 0 Å². The number of esters is 2. The fourth-order valence-electron chi connectivity index (χ4n) is 1.82. The molecule has 0 amide bonds. The quantitative estimate of drug-likeness (QED) is 0.524. The lowest BCUT2D eigenvalue weighted by Gasteiger charge is -2.18. The average Bonchev–Trinajstić information content (AvgIpc) is 2.27. The van der Waals surface area contributed by atoms with Crippen molar-refractivity contribution in [1.82, 2.24) is 0 Å². The normalized spacial score (nSPS) is 13.3. The molecule has 112 valence electrons. The molecule has 0 aromatic rings. The molecule has 7 heteroatoms. The molecule has 1 atom stereocenters. The van der Waals surface area contributed by atoms with E-state index < -0.39 is 38.8 Å². The molecule has 0 unspecified atom stereocenters. The third-order valence-corrected chi connectivity index (χ3v) is 5.00. The molecule has 0 heterocycles. The van der Waals surface area contributed by atoms with Crippen molar-refractivity contribution in [3.8, 4) is 0 Å². The van der Waals surface area contributed by atoms with Crippen LogP contribution in [-0.4, -0.2) is 37.4 Å². The van der Waals surface area contributed by atoms with Gasteiger partial charge in [0.15, 0.2) is 9.84 Å². The van der Waals surface area contributed by atoms with Gasteiger partial charge in [-0.25, -0.2) is 13.2 Å². The first-order valence-corrected chi connectivity index (χ1v) is 8.15. The molecule has 0 aromatic heterocycles. The Hall–Kier alpha value is -0.950. The van der Waals surface area contributed by atoms with Crippen molar-refractivity contribution in [3.63, 3.8) is 0 Å². The summed E-state index contributed by atoms with van der Waals surface area (Å²) in [5.41, 5.74) is 5.48. The van der Waals surface area contributed by atoms with Crippen LogP contribution < -0.4 is 5.73 Å². The van der Waals surface area contributed by atoms with Crippen LogP contribution in [0.15, 0.2) is 0 Å². The van der Waals surface area contributed by atoms with Gasteiger partial charge in [-0.15, -0.1) is 0 Å². The van der Waals surface area contributed by atoms with Gasteiger partial charge in [0.05, 0.1) is 11.0 Å². The van der Waals surface area contributed by atoms with E-state index in [2.05, 4.69) is 4.74 Å². The highest BCUT2D eigenvalue weighted by atomic mass is 32.2. The van der Waals surface area contributed by atoms with Gasteiger partial charge in [0.2, 0.25) is 0 Å². The van der Waals surface area contributed by atoms with Gasteiger partial charge in [0.25, 0.3) is 0 Å². The molecule has 0 rings (SSSR count). The zero-order valence-corrected chi connectivity index (χ0v) is 12.5. The molecule has 0 aliphatic heterocycles. The third-order valence-electron chi connectivity index (χ3n) is 2.69. The van der Waals surface area contributed by atoms with Crippen LogP contribution in [-0.2, 0) is 24.2 Å². The first-order valence-electron chi connectivity index (χ1n) is 6.44. The first-order chi connectivity index (χ1) is 8.74. The van der Waals surface area contributed by atoms with Gasteiger partial charge in [-0.3, -0.25) is 4.79 Å². The lowest BCUT2D eigenvalue weighted by Crippen LogP contribution is -2.42. The van der Waals surface area contributed by atoms with E-state index in [1.807, 2.05) is 13.8 Å². The molecule has 0 bridgehead atoms. The molecule has 0 aromatic carbocycles. The van der Waals surface area contributed by atoms with E-state index in [1.54, 1.807) is 0 Å². The van der Waals surface area contributed by atoms with Gasteiger partial charge >= 0.3 is 11.9 Å². The highest BCUT2D eigenvalue weighted by molar-refractivity contribution is 7.92. The van der Waals surface area contributed by atoms with Crippen molar-refractivity contribution in [2.24, 2.45) is 5.73 Å². The highest BCUT2D eigenvalue weighted by Gasteiger charge is 2.30. The van der Waals surface area contributed by atoms with E-state index in [1.165, 1.54) is 0 Å². The van der Waals surface area contributed by atoms with E-state index in [4.69, 9.17) is 5.73 Å². The number of ether oxygens (including phenoxy) is 1. The SMILES string of the molecule is CCCC(CCC)S(=O)(=O)C[C@@H](N)C(=O)OC(C)=O. The zero-order chi connectivity index (χ0) is 15.1. The zero-order valence-electron chi connectivity index (χ0n) is 11.7. The maximum atomic E-state index is 12.1. The Morgan fingerprint density at radius 3 is 2.00 bits per heavy atom. The Morgan fingerprint density at radius 1 is 1.16 bits per heavy atom. The number of nitrogens with two attached hydrogens (primary N) is 1. The number of hydrogen-bond acceptors (Lipinski definition) is 6. The van der Waals surface area contributed by atoms with Crippen LogP contribution >= 0.6 is 0 Å². The molecule has 19 heavy (non-hydrogen) atoms. The minimum Gasteiger partial charge on any atom is -0.392 e. The van der Waals surface area contributed by atoms with E-state index in [0.717, 1.165) is 19.8 Å². The fourth-order valence-corrected chi connectivity index (χ4v) is 3.92. The topological polar surface area (TPSA) is 104 Å². The Morgan fingerprint density at radius 2 is 1.63 bits per heavy atom. The van der Waals surface area contributed by atoms with E-state index in [-0.39, 0.29) is 0 Å². The smallest absolute Gasteiger partial charge is 0.331 e. The average molecular weight is 293 g/mol. The molecule has 0 spiro atoms. The molecular formula is C12H23NO5S. The van der Waals surface area contributed by atoms with Gasteiger partial charge in [0.1, 0.15) is 6.04 Å². The predicted molar refractivity (Wildman–Crippen MR) is 72.1 cm³/mol. The van der Waals surface area contributed by atoms with Crippen LogP contribution in [0, 0.1) is 0 Å². The molecule has 0 aliphatic carbocycles. The number of sulfone groups is 1. The maximum absolute atomic E-state index is 12.1. The Bertz CT molecular complexity index is 398. The van der Waals surface area contributed by atoms with Crippen LogP contribution in [0.2, 0.25) is 0 Å². The Labute approximate surface area is 114 Å². The van der Waals surface area contributed by atoms with E-state index in [0.29, 0.717) is 12.8 Å². The van der Waals surface area contributed by atoms with Gasteiger partial charge in [0, 0.05) is 6.92 Å². The van der Waals surface area contributed by atoms with Gasteiger partial charge in [-0.1, -0.05) is 26.7 Å². The summed E-state index contributed by atoms with van der Waals surface area (Å²) in [6.07, 6.45) is 2.59. The molecule has 0 saturated carbocycles. The van der Waals surface area contributed by atoms with E-state index in [9.17, 15) is 18.0 Å². The van der Waals surface area contributed by atoms with Crippen molar-refractivity contribution in [2.45, 2.75) is 57.7 Å². The Balaban J connectivity index is 4.72. The second kappa shape index (κ2) is 8.27. The molecule has 0 aliphatic rings. The van der Waals surface area contributed by atoms with Crippen molar-refractivity contribution in [3.05, 3.63) is 0 Å². The minimum absolute atomic E-state index is 0.482. The maximum Gasteiger partial charge on any atom is 0.331 e. The monoisotopic (exact) mass is 293 g/mol. The van der Waals surface area contributed by atoms with E-state index >= 15 is 0 Å². The molecule has 0 fully saturated rings. The number of hydrogen-bond donors (Lipinski definition) is 1. The molecule has 0 radical (unpaired) electrons. The van der Waals surface area contributed by atoms with Crippen molar-refractivity contribution < 1.29 is 22.7 Å². The van der Waals surface area contributed by atoms with Crippen LogP contribution in [0.5, 0.6) is 0 Å². The third kappa shape index (κ3) is 6.68. The van der Waals surface area contributed by atoms with Gasteiger partial charge < -0.3 is 10.5 Å². The number of rotatable bonds is 8. The number of carbonyl (C=O) groups excluding carboxylic acids is 2. The van der Waals surface area contributed by atoms with Crippen LogP contribution in [0.3, 0.4) is 0 Å². The summed E-state index contributed by atoms with van der Waals surface area (Å²) in [6, 6.07) is -1.31. The molecule has 2 N–H and O–H groups in total. The summed E-state index contributed by atoms with van der Waals surface area (Å²) in [4.78, 5) is 22.0. The summed E-state index contributed by atoms with van der Waals surface area (Å²) in [6.45, 7) is 4.88. The van der Waals surface area contributed by atoms with Gasteiger partial charge in [-0.2, -0.15) is 0 Å². The molecule has 6 nitrogen and oxygen atoms in total. The van der Waals surface area contributed by atoms with Crippen molar-refractivity contribution >= 4 is 21.8 Å². The van der Waals surface area contributed by atoms with Crippen LogP contribution in [0.1, 0.15) is 46.5 Å². The Kier molecular flexibility index (Phi) is 7.85. The molecular weight excluding hydrogens is 270 g/mol. The summed E-state index contributed by atoms with van der Waals surface area (Å²) < 4.78 is 28.6. The lowest BCUT2D eigenvalue weighted by atomic mass is 10.2. The van der Waals surface area contributed by atoms with Crippen molar-refractivity contribution in [1.29, 1.82) is 0 Å². The lowest BCUT2D eigenvalue weighted by molar-refractivity contribution is -0.158. The fraction of sp³-hybridized carbons (Fsp3) is 0.833. The van der Waals surface area contributed by atoms with Gasteiger partial charge in [-0.05, 0) is 12.8 Å². The highest BCUT2D eigenvalue weighted by Crippen LogP contribution is 2.16. The summed E-state index contributed by atoms with van der Waals surface area (Å²) in [7, 11) is -3.46. The summed E-state index contributed by atoms with van der Waals surface area (Å²) in [5, 5.41) is -0.487. The second-order valence-electron chi connectivity index (χ2n) is 4.55. The summed E-state index contributed by atoms with van der Waals surface area (Å²) >= 11 is 0. The second-order valence-corrected chi connectivity index (χ2v) is 6.87. The number of carbonyl (C=O) groups is 2. The standard InChI is InChI=1S/C12H23NO5S/c1-4-6-10(7-5-2)19(16,17)8-11(13)12(15)18-9(3)14/h10-11H,4-8,13H2,1-3H3/t11-/m1/s1. The summed E-state index contributed by atoms with van der Waals surface area (Å²) in [5.74, 6) is -2.27. The predicted octanol–water partition coefficient (Wildman–Crippen LogP) is 0.787. The largest absolute Gasteiger partial charge is 0.392 e. The van der Waals surface area contributed by atoms with Crippen molar-refractivity contribution in [2.75, 3.05) is 5.75 Å². The first kappa shape index (κ1) is 18.0. The molecule has 0 saturated heterocycles. The van der Waals surface area contributed by atoms with Crippen LogP contribution in [0.4, 0.5) is 0 Å².